The minimum Gasteiger partial charge on any atom is -0.382 e. The molecule has 2 heterocycles. The van der Waals surface area contributed by atoms with Crippen LogP contribution in [-0.2, 0) is 0 Å². The molecule has 0 aromatic carbocycles. The molecule has 2 rings (SSSR count). The van der Waals surface area contributed by atoms with Crippen LogP contribution in [0.25, 0.3) is 0 Å². The van der Waals surface area contributed by atoms with E-state index in [2.05, 4.69) is 16.5 Å². The average Bonchev–Trinajstić information content (AvgIpc) is 2.05. The van der Waals surface area contributed by atoms with Crippen molar-refractivity contribution in [2.45, 2.75) is 5.03 Å². The zero-order valence-electron chi connectivity index (χ0n) is 5.42. The number of nitrogens with zero attached hydrogens (tertiary/aromatic N) is 1. The van der Waals surface area contributed by atoms with Crippen LogP contribution < -0.4 is 5.32 Å². The Bertz CT molecular complexity index is 212. The predicted octanol–water partition coefficient (Wildman–Crippen LogP) is 1.40. The second-order valence-electron chi connectivity index (χ2n) is 2.07. The summed E-state index contributed by atoms with van der Waals surface area (Å²) in [6.45, 7) is 1.04. The molecular weight excluding hydrogens is 144 g/mol. The Morgan fingerprint density at radius 3 is 3.60 bits per heavy atom. The molecule has 1 aliphatic heterocycles. The van der Waals surface area contributed by atoms with Crippen molar-refractivity contribution in [2.24, 2.45) is 0 Å². The number of fused-ring (bicyclic) bond motifs is 1. The second-order valence-corrected chi connectivity index (χ2v) is 3.15. The van der Waals surface area contributed by atoms with Crippen molar-refractivity contribution in [1.82, 2.24) is 4.98 Å². The summed E-state index contributed by atoms with van der Waals surface area (Å²) in [6, 6.07) is 3.84. The number of pyridine rings is 1. The lowest BCUT2D eigenvalue weighted by Crippen LogP contribution is -2.10. The van der Waals surface area contributed by atoms with Crippen molar-refractivity contribution in [1.29, 1.82) is 0 Å². The summed E-state index contributed by atoms with van der Waals surface area (Å²) in [5.74, 6) is 1.11. The van der Waals surface area contributed by atoms with E-state index in [1.165, 1.54) is 0 Å². The number of hydrogen-bond donors (Lipinski definition) is 1. The fraction of sp³-hybridized carbons (Fsp3) is 0.286. The molecule has 0 fully saturated rings. The smallest absolute Gasteiger partial charge is 0.120 e. The average molecular weight is 151 g/mol. The molecule has 3 heteroatoms. The number of rotatable bonds is 0. The van der Waals surface area contributed by atoms with Crippen LogP contribution >= 0.6 is 11.8 Å². The topological polar surface area (TPSA) is 24.9 Å². The van der Waals surface area contributed by atoms with Gasteiger partial charge in [0.25, 0.3) is 0 Å². The highest BCUT2D eigenvalue weighted by Gasteiger charge is 2.07. The van der Waals surface area contributed by atoms with Gasteiger partial charge < -0.3 is 5.32 Å². The lowest BCUT2D eigenvalue weighted by atomic mass is 10.4. The highest BCUT2D eigenvalue weighted by molar-refractivity contribution is 7.99. The van der Waals surface area contributed by atoms with Crippen molar-refractivity contribution in [2.75, 3.05) is 17.6 Å². The van der Waals surface area contributed by atoms with E-state index in [1.807, 2.05) is 12.1 Å². The van der Waals surface area contributed by atoms with Gasteiger partial charge in [-0.15, -0.1) is 11.8 Å². The number of thioether (sulfide) groups is 1. The fourth-order valence-corrected chi connectivity index (χ4v) is 1.74. The minimum absolute atomic E-state index is 1.04. The van der Waals surface area contributed by atoms with E-state index in [0.29, 0.717) is 0 Å². The molecule has 2 nitrogen and oxygen atoms in total. The van der Waals surface area contributed by atoms with Gasteiger partial charge in [-0.25, -0.2) is 4.98 Å². The van der Waals surface area contributed by atoms with Crippen LogP contribution in [0, 0.1) is 6.20 Å². The molecule has 0 spiro atoms. The summed E-state index contributed by atoms with van der Waals surface area (Å²) < 4.78 is 0. The van der Waals surface area contributed by atoms with E-state index in [9.17, 15) is 0 Å². The van der Waals surface area contributed by atoms with Gasteiger partial charge in [0.1, 0.15) is 5.03 Å². The second kappa shape index (κ2) is 2.50. The van der Waals surface area contributed by atoms with Gasteiger partial charge in [-0.1, -0.05) is 0 Å². The fourth-order valence-electron chi connectivity index (χ4n) is 0.926. The van der Waals surface area contributed by atoms with E-state index in [-0.39, 0.29) is 0 Å². The Hall–Kier alpha value is -0.700. The quantitative estimate of drug-likeness (QED) is 0.606. The molecule has 0 amide bonds. The zero-order chi connectivity index (χ0) is 6.81. The first-order valence-corrected chi connectivity index (χ1v) is 4.19. The van der Waals surface area contributed by atoms with Gasteiger partial charge in [-0.05, 0) is 12.1 Å². The maximum Gasteiger partial charge on any atom is 0.120 e. The maximum atomic E-state index is 4.09. The van der Waals surface area contributed by atoms with E-state index in [4.69, 9.17) is 0 Å². The molecule has 10 heavy (non-hydrogen) atoms. The predicted molar refractivity (Wildman–Crippen MR) is 42.3 cm³/mol. The van der Waals surface area contributed by atoms with Crippen LogP contribution in [0.2, 0.25) is 0 Å². The normalized spacial score (nSPS) is 15.6. The molecule has 0 atom stereocenters. The largest absolute Gasteiger partial charge is 0.382 e. The van der Waals surface area contributed by atoms with E-state index >= 15 is 0 Å². The molecule has 1 radical (unpaired) electrons. The first kappa shape index (κ1) is 6.04. The third-order valence-electron chi connectivity index (χ3n) is 1.38. The number of nitrogens with one attached hydrogen (secondary N) is 1. The van der Waals surface area contributed by atoms with Gasteiger partial charge in [-0.2, -0.15) is 0 Å². The lowest BCUT2D eigenvalue weighted by molar-refractivity contribution is 1.06. The van der Waals surface area contributed by atoms with Gasteiger partial charge in [-0.3, -0.25) is 0 Å². The molecular formula is C7H7N2S. The number of aromatic nitrogens is 1. The summed E-state index contributed by atoms with van der Waals surface area (Å²) in [4.78, 5) is 4.09. The summed E-state index contributed by atoms with van der Waals surface area (Å²) in [7, 11) is 0. The molecule has 1 aromatic heterocycles. The lowest BCUT2D eigenvalue weighted by Gasteiger charge is -2.14. The van der Waals surface area contributed by atoms with Crippen molar-refractivity contribution in [3.63, 3.8) is 0 Å². The van der Waals surface area contributed by atoms with E-state index in [1.54, 1.807) is 11.8 Å². The van der Waals surface area contributed by atoms with Gasteiger partial charge in [0.05, 0.1) is 11.9 Å². The zero-order valence-corrected chi connectivity index (χ0v) is 6.24. The summed E-state index contributed by atoms with van der Waals surface area (Å²) >= 11 is 1.78. The first-order chi connectivity index (χ1) is 4.97. The molecule has 1 aliphatic rings. The third kappa shape index (κ3) is 0.968. The SMILES string of the molecule is [c]1ccc2c(n1)SCCN2. The molecule has 1 N–H and O–H groups in total. The van der Waals surface area contributed by atoms with Crippen LogP contribution in [0.5, 0.6) is 0 Å². The molecule has 0 saturated carbocycles. The number of anilines is 1. The molecule has 51 valence electrons. The highest BCUT2D eigenvalue weighted by Crippen LogP contribution is 2.27. The standard InChI is InChI=1S/C7H7N2S/c1-2-6-7(9-3-1)10-5-4-8-6/h1-2,8H,4-5H2. The van der Waals surface area contributed by atoms with Crippen LogP contribution in [0.1, 0.15) is 0 Å². The summed E-state index contributed by atoms with van der Waals surface area (Å²) in [5.41, 5.74) is 1.15. The Kier molecular flexibility index (Phi) is 1.51. The van der Waals surface area contributed by atoms with Crippen molar-refractivity contribution >= 4 is 17.4 Å². The van der Waals surface area contributed by atoms with Gasteiger partial charge in [0.15, 0.2) is 0 Å². The summed E-state index contributed by atoms with van der Waals surface area (Å²) in [6.07, 6.45) is 2.81. The molecule has 0 bridgehead atoms. The molecule has 0 unspecified atom stereocenters. The first-order valence-electron chi connectivity index (χ1n) is 3.20. The van der Waals surface area contributed by atoms with Crippen LogP contribution in [0.3, 0.4) is 0 Å². The Labute approximate surface area is 64.0 Å². The van der Waals surface area contributed by atoms with Crippen LogP contribution in [0.4, 0.5) is 5.69 Å². The molecule has 0 aliphatic carbocycles. The van der Waals surface area contributed by atoms with Crippen molar-refractivity contribution in [3.05, 3.63) is 18.3 Å². The van der Waals surface area contributed by atoms with Gasteiger partial charge >= 0.3 is 0 Å². The Morgan fingerprint density at radius 2 is 2.70 bits per heavy atom. The monoisotopic (exact) mass is 151 g/mol. The van der Waals surface area contributed by atoms with Crippen molar-refractivity contribution < 1.29 is 0 Å². The Morgan fingerprint density at radius 1 is 1.70 bits per heavy atom. The Balaban J connectivity index is 2.41. The molecule has 1 aromatic rings. The van der Waals surface area contributed by atoms with Crippen molar-refractivity contribution in [3.8, 4) is 0 Å². The third-order valence-corrected chi connectivity index (χ3v) is 2.37. The van der Waals surface area contributed by atoms with Gasteiger partial charge in [0.2, 0.25) is 0 Å². The highest BCUT2D eigenvalue weighted by atomic mass is 32.2. The van der Waals surface area contributed by atoms with E-state index in [0.717, 1.165) is 23.0 Å². The molecule has 0 saturated heterocycles. The van der Waals surface area contributed by atoms with E-state index < -0.39 is 0 Å². The maximum absolute atomic E-state index is 4.09. The van der Waals surface area contributed by atoms with Crippen LogP contribution in [-0.4, -0.2) is 17.3 Å². The van der Waals surface area contributed by atoms with Gasteiger partial charge in [0, 0.05) is 12.3 Å². The number of hydrogen-bond acceptors (Lipinski definition) is 3. The summed E-state index contributed by atoms with van der Waals surface area (Å²) in [5, 5.41) is 4.34. The van der Waals surface area contributed by atoms with Crippen LogP contribution in [0.15, 0.2) is 17.2 Å². The minimum atomic E-state index is 1.04.